The van der Waals surface area contributed by atoms with Crippen LogP contribution in [0.1, 0.15) is 85.3 Å². The standard InChI is InChI=1S/C22H31N7O2.C12H13ClN6.C9H15NO3/c1-7-29-14(2)16(11-25-29)19-26-18-17(23-13-24-20(18)27(19)6)10-15-8-9-28(12-15)21(30)31-22(3,4)5;1-4-19-7(2)8(5-16-19)11-17-9-10(13)14-6-15-12(9)18(11)3;1-9(2,3)13-8(12)10-5-4-7(11)6-10/h11,13,15H,7-10,12H2,1-6H3;5-6H,4H2,1-3H3;4-6H2,1-3H3. The van der Waals surface area contributed by atoms with Crippen LogP contribution < -0.4 is 0 Å². The molecule has 63 heavy (non-hydrogen) atoms. The topological polar surface area (TPSA) is 199 Å². The molecule has 0 bridgehead atoms. The highest BCUT2D eigenvalue weighted by molar-refractivity contribution is 6.33. The fourth-order valence-electron chi connectivity index (χ4n) is 7.50. The van der Waals surface area contributed by atoms with Crippen molar-refractivity contribution in [2.45, 2.75) is 113 Å². The summed E-state index contributed by atoms with van der Waals surface area (Å²) < 4.78 is 18.4. The fraction of sp³-hybridized carbons (Fsp3) is 0.558. The zero-order valence-corrected chi connectivity index (χ0v) is 39.2. The van der Waals surface area contributed by atoms with Gasteiger partial charge in [0.15, 0.2) is 22.2 Å². The summed E-state index contributed by atoms with van der Waals surface area (Å²) in [6, 6.07) is 0. The Balaban J connectivity index is 0.000000175. The number of rotatable bonds is 6. The molecule has 0 radical (unpaired) electrons. The summed E-state index contributed by atoms with van der Waals surface area (Å²) in [7, 11) is 3.89. The number of Topliss-reactive ketones (excluding diaryl/α,β-unsaturated/α-hetero) is 1. The van der Waals surface area contributed by atoms with Crippen molar-refractivity contribution in [3.8, 4) is 22.8 Å². The first-order valence-electron chi connectivity index (χ1n) is 21.2. The third-order valence-electron chi connectivity index (χ3n) is 10.7. The molecular weight excluding hydrogens is 828 g/mol. The van der Waals surface area contributed by atoms with Crippen LogP contribution in [-0.4, -0.2) is 124 Å². The number of imidazole rings is 2. The number of aryl methyl sites for hydroxylation is 4. The third-order valence-corrected chi connectivity index (χ3v) is 11.0. The molecule has 20 heteroatoms. The van der Waals surface area contributed by atoms with E-state index >= 15 is 0 Å². The summed E-state index contributed by atoms with van der Waals surface area (Å²) >= 11 is 6.05. The van der Waals surface area contributed by atoms with Crippen LogP contribution in [0.3, 0.4) is 0 Å². The predicted octanol–water partition coefficient (Wildman–Crippen LogP) is 6.76. The monoisotopic (exact) mass is 886 g/mol. The Labute approximate surface area is 372 Å². The van der Waals surface area contributed by atoms with Crippen LogP contribution >= 0.6 is 11.6 Å². The van der Waals surface area contributed by atoms with Crippen LogP contribution in [0.4, 0.5) is 9.59 Å². The van der Waals surface area contributed by atoms with E-state index in [0.29, 0.717) is 42.6 Å². The van der Waals surface area contributed by atoms with E-state index in [0.717, 1.165) is 82.6 Å². The normalized spacial score (nSPS) is 15.4. The van der Waals surface area contributed by atoms with Gasteiger partial charge in [0, 0.05) is 64.6 Å². The van der Waals surface area contributed by atoms with Crippen molar-refractivity contribution in [3.63, 3.8) is 0 Å². The lowest BCUT2D eigenvalue weighted by Gasteiger charge is -2.24. The maximum absolute atomic E-state index is 12.4. The number of ether oxygens (including phenoxy) is 2. The highest BCUT2D eigenvalue weighted by Gasteiger charge is 2.31. The molecule has 2 amide bonds. The molecule has 0 aliphatic carbocycles. The number of halogens is 1. The Bertz CT molecular complexity index is 2610. The van der Waals surface area contributed by atoms with Crippen LogP contribution in [0, 0.1) is 19.8 Å². The average molecular weight is 887 g/mol. The predicted molar refractivity (Wildman–Crippen MR) is 238 cm³/mol. The van der Waals surface area contributed by atoms with Crippen molar-refractivity contribution in [1.82, 2.24) is 68.4 Å². The van der Waals surface area contributed by atoms with Gasteiger partial charge in [0.25, 0.3) is 0 Å². The van der Waals surface area contributed by atoms with Gasteiger partial charge >= 0.3 is 12.2 Å². The Hall–Kier alpha value is -5.98. The van der Waals surface area contributed by atoms with E-state index in [2.05, 4.69) is 55.9 Å². The molecule has 0 aromatic carbocycles. The fourth-order valence-corrected chi connectivity index (χ4v) is 7.67. The minimum atomic E-state index is -0.484. The molecule has 2 saturated heterocycles. The van der Waals surface area contributed by atoms with E-state index < -0.39 is 17.3 Å². The van der Waals surface area contributed by atoms with Crippen LogP contribution in [0.15, 0.2) is 25.0 Å². The van der Waals surface area contributed by atoms with Crippen LogP contribution in [-0.2, 0) is 47.9 Å². The summed E-state index contributed by atoms with van der Waals surface area (Å²) in [5.74, 6) is 2.07. The van der Waals surface area contributed by atoms with Crippen molar-refractivity contribution in [2.24, 2.45) is 20.0 Å². The molecule has 2 fully saturated rings. The number of ketones is 1. The molecule has 8 heterocycles. The van der Waals surface area contributed by atoms with E-state index in [1.165, 1.54) is 11.2 Å². The summed E-state index contributed by atoms with van der Waals surface area (Å²) in [4.78, 5) is 64.5. The number of hydrogen-bond donors (Lipinski definition) is 0. The summed E-state index contributed by atoms with van der Waals surface area (Å²) in [5.41, 5.74) is 7.07. The van der Waals surface area contributed by atoms with Gasteiger partial charge in [-0.3, -0.25) is 14.2 Å². The van der Waals surface area contributed by atoms with Crippen LogP contribution in [0.5, 0.6) is 0 Å². The highest BCUT2D eigenvalue weighted by atomic mass is 35.5. The molecule has 19 nitrogen and oxygen atoms in total. The van der Waals surface area contributed by atoms with Gasteiger partial charge in [0.2, 0.25) is 0 Å². The molecule has 0 spiro atoms. The Morgan fingerprint density at radius 2 is 1.25 bits per heavy atom. The van der Waals surface area contributed by atoms with Gasteiger partial charge in [-0.1, -0.05) is 11.6 Å². The second-order valence-corrected chi connectivity index (χ2v) is 18.1. The lowest BCUT2D eigenvalue weighted by Crippen LogP contribution is -2.35. The van der Waals surface area contributed by atoms with Gasteiger partial charge in [-0.15, -0.1) is 0 Å². The zero-order valence-electron chi connectivity index (χ0n) is 38.4. The molecule has 338 valence electrons. The Kier molecular flexibility index (Phi) is 13.9. The van der Waals surface area contributed by atoms with Gasteiger partial charge < -0.3 is 28.4 Å². The molecule has 1 atom stereocenters. The molecule has 0 N–H and O–H groups in total. The van der Waals surface area contributed by atoms with Gasteiger partial charge in [-0.2, -0.15) is 10.2 Å². The largest absolute Gasteiger partial charge is 0.444 e. The Morgan fingerprint density at radius 1 is 0.746 bits per heavy atom. The van der Waals surface area contributed by atoms with Crippen LogP contribution in [0.25, 0.3) is 45.1 Å². The van der Waals surface area contributed by atoms with Crippen molar-refractivity contribution < 1.29 is 23.9 Å². The number of nitrogens with zero attached hydrogens (tertiary/aromatic N) is 14. The number of fused-ring (bicyclic) bond motifs is 2. The first kappa shape index (κ1) is 46.5. The summed E-state index contributed by atoms with van der Waals surface area (Å²) in [6.07, 6.45) is 8.23. The highest BCUT2D eigenvalue weighted by Crippen LogP contribution is 2.30. The van der Waals surface area contributed by atoms with Crippen LogP contribution in [0.2, 0.25) is 5.15 Å². The van der Waals surface area contributed by atoms with Crippen molar-refractivity contribution in [2.75, 3.05) is 26.2 Å². The van der Waals surface area contributed by atoms with Crippen molar-refractivity contribution in [1.29, 1.82) is 0 Å². The van der Waals surface area contributed by atoms with E-state index in [-0.39, 0.29) is 18.4 Å². The van der Waals surface area contributed by atoms with Gasteiger partial charge in [-0.25, -0.2) is 39.5 Å². The second kappa shape index (κ2) is 18.8. The smallest absolute Gasteiger partial charge is 0.410 e. The number of amides is 2. The molecular formula is C43H59ClN14O5. The minimum Gasteiger partial charge on any atom is -0.444 e. The van der Waals surface area contributed by atoms with E-state index in [1.807, 2.05) is 93.5 Å². The number of carbonyl (C=O) groups excluding carboxylic acids is 3. The molecule has 0 saturated carbocycles. The third kappa shape index (κ3) is 10.6. The quantitative estimate of drug-likeness (QED) is 0.159. The maximum Gasteiger partial charge on any atom is 0.410 e. The first-order valence-corrected chi connectivity index (χ1v) is 21.6. The average Bonchev–Trinajstić information content (AvgIpc) is 4.08. The molecule has 2 aliphatic rings. The zero-order chi connectivity index (χ0) is 46.0. The van der Waals surface area contributed by atoms with Crippen molar-refractivity contribution >= 4 is 51.9 Å². The Morgan fingerprint density at radius 3 is 1.73 bits per heavy atom. The van der Waals surface area contributed by atoms with Gasteiger partial charge in [0.1, 0.15) is 46.5 Å². The number of aromatic nitrogens is 12. The lowest BCUT2D eigenvalue weighted by molar-refractivity contribution is -0.117. The summed E-state index contributed by atoms with van der Waals surface area (Å²) in [6.45, 7) is 23.0. The number of hydrogen-bond acceptors (Lipinski definition) is 13. The molecule has 8 rings (SSSR count). The van der Waals surface area contributed by atoms with E-state index in [9.17, 15) is 14.4 Å². The molecule has 1 unspecified atom stereocenters. The molecule has 2 aliphatic heterocycles. The maximum atomic E-state index is 12.4. The SMILES string of the molecule is CC(C)(C)OC(=O)N1CCC(=O)C1.CCn1ncc(-c2nc3c(CC4CCN(C(=O)OC(C)(C)C)C4)ncnc3n2C)c1C.CCn1ncc(-c2nc3c(Cl)ncnc3n2C)c1C. The van der Waals surface area contributed by atoms with E-state index in [1.54, 1.807) is 11.2 Å². The lowest BCUT2D eigenvalue weighted by atomic mass is 10.0. The number of likely N-dealkylation sites (tertiary alicyclic amines) is 2. The minimum absolute atomic E-state index is 0.103. The first-order chi connectivity index (χ1) is 29.7. The van der Waals surface area contributed by atoms with Gasteiger partial charge in [0.05, 0.1) is 35.8 Å². The summed E-state index contributed by atoms with van der Waals surface area (Å²) in [5, 5.41) is 9.16. The van der Waals surface area contributed by atoms with Crippen molar-refractivity contribution in [3.05, 3.63) is 47.3 Å². The van der Waals surface area contributed by atoms with Gasteiger partial charge in [-0.05, 0) is 88.0 Å². The molecule has 6 aromatic rings. The van der Waals surface area contributed by atoms with E-state index in [4.69, 9.17) is 26.1 Å². The number of carbonyl (C=O) groups is 3. The molecule has 6 aromatic heterocycles. The second-order valence-electron chi connectivity index (χ2n) is 17.7.